The van der Waals surface area contributed by atoms with Crippen LogP contribution in [0, 0.1) is 0 Å². The first-order valence-electron chi connectivity index (χ1n) is 11.2. The van der Waals surface area contributed by atoms with E-state index in [4.69, 9.17) is 9.68 Å². The molecule has 2 aromatic rings. The predicted molar refractivity (Wildman–Crippen MR) is 113 cm³/mol. The molecule has 2 saturated heterocycles. The molecule has 4 rings (SSSR count). The molecule has 0 aromatic heterocycles. The van der Waals surface area contributed by atoms with Crippen LogP contribution in [-0.2, 0) is 31.6 Å². The molecule has 0 saturated carbocycles. The van der Waals surface area contributed by atoms with E-state index in [0.29, 0.717) is 37.1 Å². The summed E-state index contributed by atoms with van der Waals surface area (Å²) in [5.41, 5.74) is -0.179. The van der Waals surface area contributed by atoms with Crippen LogP contribution >= 0.6 is 0 Å². The van der Waals surface area contributed by atoms with Crippen LogP contribution in [0.4, 0.5) is 26.3 Å². The number of carbonyl (C=O) groups is 2. The highest BCUT2D eigenvalue weighted by atomic mass is 19.4. The van der Waals surface area contributed by atoms with Crippen molar-refractivity contribution in [1.29, 1.82) is 0 Å². The van der Waals surface area contributed by atoms with Crippen LogP contribution in [0.15, 0.2) is 48.5 Å². The summed E-state index contributed by atoms with van der Waals surface area (Å²) in [6.45, 7) is 1.02. The summed E-state index contributed by atoms with van der Waals surface area (Å²) in [6.07, 6.45) is -7.81. The molecule has 2 aromatic carbocycles. The van der Waals surface area contributed by atoms with Gasteiger partial charge in [0.1, 0.15) is 0 Å². The maximum absolute atomic E-state index is 12.7. The first kappa shape index (κ1) is 26.0. The maximum atomic E-state index is 12.7. The number of alkyl halides is 6. The Bertz CT molecular complexity index is 998. The van der Waals surface area contributed by atoms with Gasteiger partial charge >= 0.3 is 24.3 Å². The zero-order valence-electron chi connectivity index (χ0n) is 18.8. The molecule has 194 valence electrons. The van der Waals surface area contributed by atoms with E-state index < -0.39 is 35.4 Å². The number of nitrogens with zero attached hydrogens (tertiary/aromatic N) is 2. The van der Waals surface area contributed by atoms with E-state index in [1.807, 2.05) is 0 Å². The molecule has 0 bridgehead atoms. The Balaban J connectivity index is 1.24. The Morgan fingerprint density at radius 1 is 0.639 bits per heavy atom. The van der Waals surface area contributed by atoms with Crippen molar-refractivity contribution in [3.05, 3.63) is 70.8 Å². The molecule has 2 atom stereocenters. The van der Waals surface area contributed by atoms with Gasteiger partial charge in [0.15, 0.2) is 0 Å². The smallest absolute Gasteiger partial charge is 0.359 e. The summed E-state index contributed by atoms with van der Waals surface area (Å²) in [5, 5.41) is 2.53. The van der Waals surface area contributed by atoms with Crippen molar-refractivity contribution in [2.75, 3.05) is 26.2 Å². The van der Waals surface area contributed by atoms with Gasteiger partial charge in [0.2, 0.25) is 0 Å². The third-order valence-corrected chi connectivity index (χ3v) is 6.31. The molecule has 0 amide bonds. The molecule has 6 nitrogen and oxygen atoms in total. The van der Waals surface area contributed by atoms with Gasteiger partial charge in [-0.2, -0.15) is 26.3 Å². The van der Waals surface area contributed by atoms with Crippen molar-refractivity contribution >= 4 is 11.9 Å². The molecule has 0 aliphatic carbocycles. The lowest BCUT2D eigenvalue weighted by atomic mass is 9.97. The SMILES string of the molecule is O=C(ON1CCC(c2ccc(C(F)(F)F)cc2)C1)C(=O)ON1CCC(c2ccc(C(F)(F)F)cc2)C1. The van der Waals surface area contributed by atoms with Gasteiger partial charge in [-0.25, -0.2) is 9.59 Å². The predicted octanol–water partition coefficient (Wildman–Crippen LogP) is 4.92. The largest absolute Gasteiger partial charge is 0.438 e. The highest BCUT2D eigenvalue weighted by molar-refractivity contribution is 6.29. The first-order valence-corrected chi connectivity index (χ1v) is 11.2. The summed E-state index contributed by atoms with van der Waals surface area (Å²) in [4.78, 5) is 34.5. The lowest BCUT2D eigenvalue weighted by Crippen LogP contribution is -2.34. The van der Waals surface area contributed by atoms with Crippen LogP contribution in [0.1, 0.15) is 46.9 Å². The monoisotopic (exact) mass is 516 g/mol. The number of hydrogen-bond donors (Lipinski definition) is 0. The van der Waals surface area contributed by atoms with E-state index in [0.717, 1.165) is 24.3 Å². The Morgan fingerprint density at radius 3 is 1.28 bits per heavy atom. The standard InChI is InChI=1S/C24H22F6N2O4/c25-23(26,27)19-5-1-15(2-6-19)17-9-11-31(13-17)35-21(33)22(34)36-32-12-10-18(14-32)16-3-7-20(8-4-16)24(28,29)30/h1-8,17-18H,9-14H2. The molecule has 36 heavy (non-hydrogen) atoms. The van der Waals surface area contributed by atoms with Gasteiger partial charge in [0.25, 0.3) is 0 Å². The summed E-state index contributed by atoms with van der Waals surface area (Å²) in [6, 6.07) is 9.51. The van der Waals surface area contributed by atoms with E-state index in [-0.39, 0.29) is 24.9 Å². The van der Waals surface area contributed by atoms with Crippen LogP contribution in [0.25, 0.3) is 0 Å². The molecular weight excluding hydrogens is 494 g/mol. The molecule has 2 aliphatic rings. The summed E-state index contributed by atoms with van der Waals surface area (Å²) >= 11 is 0. The van der Waals surface area contributed by atoms with Crippen LogP contribution < -0.4 is 0 Å². The van der Waals surface area contributed by atoms with Gasteiger partial charge in [-0.15, -0.1) is 10.1 Å². The van der Waals surface area contributed by atoms with Crippen molar-refractivity contribution in [3.8, 4) is 0 Å². The Hall–Kier alpha value is -3.12. The molecule has 0 spiro atoms. The minimum atomic E-state index is -4.43. The summed E-state index contributed by atoms with van der Waals surface area (Å²) in [5.74, 6) is -2.81. The van der Waals surface area contributed by atoms with Gasteiger partial charge in [0, 0.05) is 38.0 Å². The molecule has 2 unspecified atom stereocenters. The fourth-order valence-corrected chi connectivity index (χ4v) is 4.36. The average molecular weight is 516 g/mol. The fourth-order valence-electron chi connectivity index (χ4n) is 4.36. The quantitative estimate of drug-likeness (QED) is 0.425. The van der Waals surface area contributed by atoms with E-state index in [9.17, 15) is 35.9 Å². The number of carbonyl (C=O) groups excluding carboxylic acids is 2. The Labute approximate surface area is 202 Å². The molecule has 2 heterocycles. The summed E-state index contributed by atoms with van der Waals surface area (Å²) < 4.78 is 76.4. The average Bonchev–Trinajstić information content (AvgIpc) is 3.48. The zero-order chi connectivity index (χ0) is 26.1. The second-order valence-electron chi connectivity index (χ2n) is 8.74. The molecule has 2 aliphatic heterocycles. The Kier molecular flexibility index (Phi) is 7.28. The number of hydroxylamine groups is 4. The number of hydrogen-bond acceptors (Lipinski definition) is 6. The third kappa shape index (κ3) is 6.16. The number of halogens is 6. The maximum Gasteiger partial charge on any atom is 0.438 e. The van der Waals surface area contributed by atoms with E-state index in [1.165, 1.54) is 34.4 Å². The normalized spacial score (nSPS) is 21.5. The third-order valence-electron chi connectivity index (χ3n) is 6.31. The summed E-state index contributed by atoms with van der Waals surface area (Å²) in [7, 11) is 0. The highest BCUT2D eigenvalue weighted by Crippen LogP contribution is 2.34. The number of benzene rings is 2. The van der Waals surface area contributed by atoms with Crippen molar-refractivity contribution in [3.63, 3.8) is 0 Å². The van der Waals surface area contributed by atoms with Gasteiger partial charge < -0.3 is 9.68 Å². The zero-order valence-corrected chi connectivity index (χ0v) is 18.8. The van der Waals surface area contributed by atoms with Gasteiger partial charge in [-0.05, 0) is 48.2 Å². The molecule has 12 heteroatoms. The van der Waals surface area contributed by atoms with E-state index in [2.05, 4.69) is 0 Å². The number of rotatable bonds is 4. The molecular formula is C24H22F6N2O4. The Morgan fingerprint density at radius 2 is 0.972 bits per heavy atom. The molecule has 0 radical (unpaired) electrons. The van der Waals surface area contributed by atoms with Crippen LogP contribution in [0.2, 0.25) is 0 Å². The second-order valence-corrected chi connectivity index (χ2v) is 8.74. The van der Waals surface area contributed by atoms with Crippen LogP contribution in [0.5, 0.6) is 0 Å². The van der Waals surface area contributed by atoms with E-state index in [1.54, 1.807) is 0 Å². The van der Waals surface area contributed by atoms with Crippen molar-refractivity contribution in [2.24, 2.45) is 0 Å². The second kappa shape index (κ2) is 10.1. The van der Waals surface area contributed by atoms with Gasteiger partial charge in [0.05, 0.1) is 11.1 Å². The van der Waals surface area contributed by atoms with Crippen molar-refractivity contribution < 1.29 is 45.6 Å². The lowest BCUT2D eigenvalue weighted by Gasteiger charge is -2.18. The fraction of sp³-hybridized carbons (Fsp3) is 0.417. The van der Waals surface area contributed by atoms with Crippen molar-refractivity contribution in [1.82, 2.24) is 10.1 Å². The first-order chi connectivity index (χ1) is 16.9. The van der Waals surface area contributed by atoms with Gasteiger partial charge in [-0.1, -0.05) is 24.3 Å². The minimum absolute atomic E-state index is 0.167. The minimum Gasteiger partial charge on any atom is -0.359 e. The van der Waals surface area contributed by atoms with Crippen LogP contribution in [0.3, 0.4) is 0 Å². The topological polar surface area (TPSA) is 59.1 Å². The van der Waals surface area contributed by atoms with Gasteiger partial charge in [-0.3, -0.25) is 0 Å². The van der Waals surface area contributed by atoms with E-state index >= 15 is 0 Å². The highest BCUT2D eigenvalue weighted by Gasteiger charge is 2.35. The van der Waals surface area contributed by atoms with Crippen molar-refractivity contribution in [2.45, 2.75) is 37.0 Å². The lowest BCUT2D eigenvalue weighted by molar-refractivity contribution is -0.213. The van der Waals surface area contributed by atoms with Crippen LogP contribution in [-0.4, -0.2) is 48.2 Å². The molecule has 0 N–H and O–H groups in total. The molecule has 2 fully saturated rings.